The van der Waals surface area contributed by atoms with Gasteiger partial charge in [-0.25, -0.2) is 4.79 Å². The molecule has 3 N–H and O–H groups in total. The summed E-state index contributed by atoms with van der Waals surface area (Å²) in [6.07, 6.45) is -0.817. The molecule has 0 spiro atoms. The van der Waals surface area contributed by atoms with E-state index < -0.39 is 29.7 Å². The number of carboxylic acid groups (broad SMARTS) is 1. The maximum Gasteiger partial charge on any atom is 0.407 e. The minimum absolute atomic E-state index is 0.0667. The van der Waals surface area contributed by atoms with E-state index >= 15 is 0 Å². The molecule has 2 atom stereocenters. The summed E-state index contributed by atoms with van der Waals surface area (Å²) in [5, 5.41) is 13.7. The van der Waals surface area contributed by atoms with Crippen LogP contribution < -0.4 is 10.6 Å². The lowest BCUT2D eigenvalue weighted by Gasteiger charge is -2.23. The van der Waals surface area contributed by atoms with E-state index in [0.717, 1.165) is 0 Å². The van der Waals surface area contributed by atoms with Crippen LogP contribution in [0, 0.1) is 0 Å². The quantitative estimate of drug-likeness (QED) is 0.672. The highest BCUT2D eigenvalue weighted by Gasteiger charge is 2.35. The number of alkyl carbamates (subject to hydrolysis) is 1. The lowest BCUT2D eigenvalue weighted by atomic mass is 10.1. The van der Waals surface area contributed by atoms with E-state index in [0.29, 0.717) is 0 Å². The summed E-state index contributed by atoms with van der Waals surface area (Å²) in [6, 6.07) is -1.15. The van der Waals surface area contributed by atoms with Crippen molar-refractivity contribution in [3.05, 3.63) is 0 Å². The molecule has 1 rings (SSSR count). The van der Waals surface area contributed by atoms with E-state index in [9.17, 15) is 14.4 Å². The van der Waals surface area contributed by atoms with E-state index in [1.54, 1.807) is 20.8 Å². The molecule has 102 valence electrons. The summed E-state index contributed by atoms with van der Waals surface area (Å²) in [6.45, 7) is 5.16. The molecule has 0 aromatic rings. The molecule has 18 heavy (non-hydrogen) atoms. The Morgan fingerprint density at radius 2 is 2.11 bits per heavy atom. The highest BCUT2D eigenvalue weighted by molar-refractivity contribution is 5.82. The van der Waals surface area contributed by atoms with Crippen LogP contribution in [0.15, 0.2) is 0 Å². The van der Waals surface area contributed by atoms with Crippen molar-refractivity contribution >= 4 is 18.0 Å². The van der Waals surface area contributed by atoms with Gasteiger partial charge in [0, 0.05) is 6.42 Å². The van der Waals surface area contributed by atoms with E-state index in [-0.39, 0.29) is 18.7 Å². The maximum absolute atomic E-state index is 11.5. The highest BCUT2D eigenvalue weighted by Crippen LogP contribution is 2.13. The molecule has 7 heteroatoms. The van der Waals surface area contributed by atoms with Crippen molar-refractivity contribution in [2.45, 2.75) is 51.3 Å². The second-order valence-electron chi connectivity index (χ2n) is 5.23. The Balaban J connectivity index is 2.56. The van der Waals surface area contributed by atoms with Crippen LogP contribution in [0.4, 0.5) is 4.79 Å². The number of amides is 2. The topological polar surface area (TPSA) is 105 Å². The van der Waals surface area contributed by atoms with Gasteiger partial charge in [-0.05, 0) is 20.8 Å². The number of carbonyl (C=O) groups excluding carboxylic acids is 2. The Hall–Kier alpha value is -1.79. The zero-order chi connectivity index (χ0) is 13.9. The third-order valence-corrected chi connectivity index (χ3v) is 2.33. The first-order chi connectivity index (χ1) is 8.17. The van der Waals surface area contributed by atoms with Crippen molar-refractivity contribution in [3.8, 4) is 0 Å². The average Bonchev–Trinajstić information content (AvgIpc) is 2.41. The third kappa shape index (κ3) is 4.60. The number of nitrogens with one attached hydrogen (secondary N) is 2. The lowest BCUT2D eigenvalue weighted by Crippen LogP contribution is -2.46. The predicted molar refractivity (Wildman–Crippen MR) is 62.0 cm³/mol. The molecule has 7 nitrogen and oxygen atoms in total. The number of rotatable bonds is 3. The predicted octanol–water partition coefficient (Wildman–Crippen LogP) is 0.243. The molecule has 0 radical (unpaired) electrons. The molecule has 0 aliphatic carbocycles. The van der Waals surface area contributed by atoms with Gasteiger partial charge in [0.25, 0.3) is 0 Å². The molecule has 0 aromatic heterocycles. The first kappa shape index (κ1) is 14.3. The van der Waals surface area contributed by atoms with Crippen LogP contribution in [0.25, 0.3) is 0 Å². The molecule has 1 aliphatic heterocycles. The molecule has 1 saturated heterocycles. The van der Waals surface area contributed by atoms with Crippen molar-refractivity contribution in [3.63, 3.8) is 0 Å². The van der Waals surface area contributed by atoms with Crippen LogP contribution in [0.3, 0.4) is 0 Å². The Bertz CT molecular complexity index is 361. The first-order valence-electron chi connectivity index (χ1n) is 5.68. The van der Waals surface area contributed by atoms with Crippen molar-refractivity contribution in [1.82, 2.24) is 10.6 Å². The van der Waals surface area contributed by atoms with Gasteiger partial charge in [-0.3, -0.25) is 9.59 Å². The van der Waals surface area contributed by atoms with Crippen LogP contribution >= 0.6 is 0 Å². The highest BCUT2D eigenvalue weighted by atomic mass is 16.6. The van der Waals surface area contributed by atoms with Gasteiger partial charge in [-0.1, -0.05) is 0 Å². The normalized spacial score (nSPS) is 23.4. The lowest BCUT2D eigenvalue weighted by molar-refractivity contribution is -0.137. The zero-order valence-electron chi connectivity index (χ0n) is 10.6. The monoisotopic (exact) mass is 258 g/mol. The minimum atomic E-state index is -1.03. The Kier molecular flexibility index (Phi) is 4.15. The van der Waals surface area contributed by atoms with Gasteiger partial charge < -0.3 is 20.5 Å². The van der Waals surface area contributed by atoms with E-state index in [1.807, 2.05) is 0 Å². The summed E-state index contributed by atoms with van der Waals surface area (Å²) < 4.78 is 5.05. The number of ether oxygens (including phenoxy) is 1. The molecule has 2 amide bonds. The number of aliphatic carboxylic acids is 1. The third-order valence-electron chi connectivity index (χ3n) is 2.33. The molecular weight excluding hydrogens is 240 g/mol. The van der Waals surface area contributed by atoms with Crippen molar-refractivity contribution in [1.29, 1.82) is 0 Å². The molecule has 0 aromatic carbocycles. The fourth-order valence-corrected chi connectivity index (χ4v) is 1.70. The first-order valence-corrected chi connectivity index (χ1v) is 5.68. The summed E-state index contributed by atoms with van der Waals surface area (Å²) in [5.41, 5.74) is -0.636. The zero-order valence-corrected chi connectivity index (χ0v) is 10.6. The Morgan fingerprint density at radius 3 is 2.61 bits per heavy atom. The summed E-state index contributed by atoms with van der Waals surface area (Å²) in [4.78, 5) is 33.4. The average molecular weight is 258 g/mol. The smallest absolute Gasteiger partial charge is 0.407 e. The SMILES string of the molecule is CC(C)(C)OC(=O)N[C@H]1CC(=O)N[C@@H]1CC(=O)O. The van der Waals surface area contributed by atoms with Gasteiger partial charge in [0.2, 0.25) is 5.91 Å². The second-order valence-corrected chi connectivity index (χ2v) is 5.23. The van der Waals surface area contributed by atoms with Gasteiger partial charge in [-0.2, -0.15) is 0 Å². The van der Waals surface area contributed by atoms with Crippen molar-refractivity contribution < 1.29 is 24.2 Å². The molecule has 1 fully saturated rings. The number of hydrogen-bond acceptors (Lipinski definition) is 4. The number of hydrogen-bond donors (Lipinski definition) is 3. The van der Waals surface area contributed by atoms with Crippen molar-refractivity contribution in [2.75, 3.05) is 0 Å². The fourth-order valence-electron chi connectivity index (χ4n) is 1.70. The van der Waals surface area contributed by atoms with Crippen LogP contribution in [0.1, 0.15) is 33.6 Å². The summed E-state index contributed by atoms with van der Waals surface area (Å²) in [5.74, 6) is -1.31. The van der Waals surface area contributed by atoms with Crippen LogP contribution in [-0.2, 0) is 14.3 Å². The second kappa shape index (κ2) is 5.24. The van der Waals surface area contributed by atoms with Crippen LogP contribution in [0.5, 0.6) is 0 Å². The number of carboxylic acids is 1. The molecule has 1 aliphatic rings. The molecular formula is C11H18N2O5. The molecule has 1 heterocycles. The van der Waals surface area contributed by atoms with Crippen LogP contribution in [-0.4, -0.2) is 40.8 Å². The van der Waals surface area contributed by atoms with Gasteiger partial charge in [0.15, 0.2) is 0 Å². The largest absolute Gasteiger partial charge is 0.481 e. The maximum atomic E-state index is 11.5. The summed E-state index contributed by atoms with van der Waals surface area (Å²) >= 11 is 0. The van der Waals surface area contributed by atoms with Gasteiger partial charge in [-0.15, -0.1) is 0 Å². The van der Waals surface area contributed by atoms with Crippen LogP contribution in [0.2, 0.25) is 0 Å². The number of carbonyl (C=O) groups is 3. The van der Waals surface area contributed by atoms with E-state index in [2.05, 4.69) is 10.6 Å². The standard InChI is InChI=1S/C11H18N2O5/c1-11(2,3)18-10(17)13-6-4-8(14)12-7(6)5-9(15)16/h6-7H,4-5H2,1-3H3,(H,12,14)(H,13,17)(H,15,16)/t6-,7+/m0/s1. The van der Waals surface area contributed by atoms with E-state index in [4.69, 9.17) is 9.84 Å². The molecule has 0 unspecified atom stereocenters. The van der Waals surface area contributed by atoms with Crippen molar-refractivity contribution in [2.24, 2.45) is 0 Å². The van der Waals surface area contributed by atoms with Gasteiger partial charge in [0.1, 0.15) is 5.60 Å². The Labute approximate surface area is 105 Å². The minimum Gasteiger partial charge on any atom is -0.481 e. The Morgan fingerprint density at radius 1 is 1.50 bits per heavy atom. The summed E-state index contributed by atoms with van der Waals surface area (Å²) in [7, 11) is 0. The molecule has 0 saturated carbocycles. The fraction of sp³-hybridized carbons (Fsp3) is 0.727. The molecule has 0 bridgehead atoms. The van der Waals surface area contributed by atoms with E-state index in [1.165, 1.54) is 0 Å². The van der Waals surface area contributed by atoms with Gasteiger partial charge in [0.05, 0.1) is 18.5 Å². The van der Waals surface area contributed by atoms with Gasteiger partial charge >= 0.3 is 12.1 Å².